The zero-order valence-electron chi connectivity index (χ0n) is 22.4. The summed E-state index contributed by atoms with van der Waals surface area (Å²) in [7, 11) is 0. The molecule has 5 N–H and O–H groups in total. The Labute approximate surface area is 237 Å². The molecule has 0 saturated carbocycles. The predicted octanol–water partition coefficient (Wildman–Crippen LogP) is 5.94. The first-order chi connectivity index (χ1) is 18.5. The lowest BCUT2D eigenvalue weighted by atomic mass is 9.81. The molecular formula is C29H35ClN4O4S. The molecule has 39 heavy (non-hydrogen) atoms. The molecule has 0 amide bonds. The highest BCUT2D eigenvalue weighted by Crippen LogP contribution is 2.38. The summed E-state index contributed by atoms with van der Waals surface area (Å²) in [6.45, 7) is 8.97. The normalized spacial score (nSPS) is 16.2. The first-order valence-electron chi connectivity index (χ1n) is 13.0. The number of hydrogen-bond donors (Lipinski definition) is 5. The number of benzene rings is 2. The van der Waals surface area contributed by atoms with Crippen LogP contribution in [0.3, 0.4) is 0 Å². The largest absolute Gasteiger partial charge is 0.481 e. The molecule has 2 unspecified atom stereocenters. The van der Waals surface area contributed by atoms with Crippen LogP contribution in [0.1, 0.15) is 49.8 Å². The number of carbonyl (C=O) groups is 2. The average Bonchev–Trinajstić information content (AvgIpc) is 3.25. The van der Waals surface area contributed by atoms with Gasteiger partial charge in [-0.1, -0.05) is 62.7 Å². The molecule has 0 saturated heterocycles. The first-order valence-corrected chi connectivity index (χ1v) is 14.3. The van der Waals surface area contributed by atoms with Crippen LogP contribution in [-0.4, -0.2) is 46.8 Å². The van der Waals surface area contributed by atoms with Crippen molar-refractivity contribution in [3.63, 3.8) is 0 Å². The van der Waals surface area contributed by atoms with Crippen molar-refractivity contribution in [3.8, 4) is 11.3 Å². The number of rotatable bonds is 10. The standard InChI is InChI=1S/C29H35ClN4O4S/c1-29(2,3)16-33-28-34-24(15-39-28)18-6-4-17(5-7-18)13-32-26-20-10-11-31-14-22(19(20)8-9-23(26)30)21(27(37)38)12-25(35)36/h4-9,15,21-22,31-32H,10-14,16H2,1-3H3,(H,33,34)(H,35,36)(H,37,38). The second kappa shape index (κ2) is 12.4. The molecule has 2 aromatic carbocycles. The molecule has 0 bridgehead atoms. The summed E-state index contributed by atoms with van der Waals surface area (Å²) in [6.07, 6.45) is 0.217. The molecule has 1 aliphatic heterocycles. The van der Waals surface area contributed by atoms with Crippen molar-refractivity contribution in [1.82, 2.24) is 10.3 Å². The van der Waals surface area contributed by atoms with Crippen LogP contribution in [0.25, 0.3) is 11.3 Å². The number of carboxylic acid groups (broad SMARTS) is 2. The smallest absolute Gasteiger partial charge is 0.307 e. The Morgan fingerprint density at radius 3 is 2.56 bits per heavy atom. The number of nitrogens with zero attached hydrogens (tertiary/aromatic N) is 1. The van der Waals surface area contributed by atoms with Gasteiger partial charge in [-0.05, 0) is 41.1 Å². The summed E-state index contributed by atoms with van der Waals surface area (Å²) < 4.78 is 0. The molecule has 208 valence electrons. The molecule has 2 heterocycles. The highest BCUT2D eigenvalue weighted by molar-refractivity contribution is 7.14. The summed E-state index contributed by atoms with van der Waals surface area (Å²) in [5, 5.41) is 32.8. The van der Waals surface area contributed by atoms with E-state index in [2.05, 4.69) is 66.4 Å². The first kappa shape index (κ1) is 28.9. The predicted molar refractivity (Wildman–Crippen MR) is 157 cm³/mol. The van der Waals surface area contributed by atoms with E-state index >= 15 is 0 Å². The van der Waals surface area contributed by atoms with E-state index in [-0.39, 0.29) is 5.41 Å². The second-order valence-electron chi connectivity index (χ2n) is 11.1. The minimum atomic E-state index is -1.13. The number of fused-ring (bicyclic) bond motifs is 1. The second-order valence-corrected chi connectivity index (χ2v) is 12.4. The Morgan fingerprint density at radius 1 is 1.15 bits per heavy atom. The topological polar surface area (TPSA) is 124 Å². The third-order valence-electron chi connectivity index (χ3n) is 6.80. The summed E-state index contributed by atoms with van der Waals surface area (Å²) in [4.78, 5) is 28.1. The van der Waals surface area contributed by atoms with Gasteiger partial charge in [-0.3, -0.25) is 9.59 Å². The Balaban J connectivity index is 1.50. The summed E-state index contributed by atoms with van der Waals surface area (Å²) in [6, 6.07) is 11.8. The Bertz CT molecular complexity index is 1320. The maximum Gasteiger partial charge on any atom is 0.307 e. The minimum Gasteiger partial charge on any atom is -0.481 e. The van der Waals surface area contributed by atoms with E-state index < -0.39 is 30.2 Å². The van der Waals surface area contributed by atoms with Gasteiger partial charge in [0.2, 0.25) is 0 Å². The SMILES string of the molecule is CC(C)(C)CNc1nc(-c2ccc(CNc3c(Cl)ccc4c3CCNCC4C(CC(=O)O)C(=O)O)cc2)cs1. The van der Waals surface area contributed by atoms with Gasteiger partial charge in [0.15, 0.2) is 5.13 Å². The van der Waals surface area contributed by atoms with E-state index in [4.69, 9.17) is 16.6 Å². The summed E-state index contributed by atoms with van der Waals surface area (Å²) >= 11 is 8.21. The van der Waals surface area contributed by atoms with E-state index in [0.717, 1.165) is 45.3 Å². The molecule has 0 radical (unpaired) electrons. The van der Waals surface area contributed by atoms with Gasteiger partial charge in [0.1, 0.15) is 0 Å². The number of nitrogens with one attached hydrogen (secondary N) is 3. The minimum absolute atomic E-state index is 0.175. The Morgan fingerprint density at radius 2 is 1.90 bits per heavy atom. The van der Waals surface area contributed by atoms with E-state index in [9.17, 15) is 19.8 Å². The fourth-order valence-corrected chi connectivity index (χ4v) is 5.75. The molecule has 1 aliphatic rings. The lowest BCUT2D eigenvalue weighted by Crippen LogP contribution is -2.31. The van der Waals surface area contributed by atoms with Crippen molar-refractivity contribution in [2.24, 2.45) is 11.3 Å². The number of thiazole rings is 1. The molecule has 3 aromatic rings. The van der Waals surface area contributed by atoms with Gasteiger partial charge < -0.3 is 26.2 Å². The van der Waals surface area contributed by atoms with Crippen molar-refractivity contribution in [2.45, 2.75) is 46.1 Å². The monoisotopic (exact) mass is 570 g/mol. The van der Waals surface area contributed by atoms with Gasteiger partial charge in [0, 0.05) is 36.5 Å². The molecule has 0 fully saturated rings. The number of hydrogen-bond acceptors (Lipinski definition) is 7. The van der Waals surface area contributed by atoms with Crippen LogP contribution in [0, 0.1) is 11.3 Å². The van der Waals surface area contributed by atoms with E-state index in [1.54, 1.807) is 17.4 Å². The van der Waals surface area contributed by atoms with Crippen molar-refractivity contribution < 1.29 is 19.8 Å². The Hall–Kier alpha value is -3.14. The van der Waals surface area contributed by atoms with Crippen LogP contribution in [0.5, 0.6) is 0 Å². The van der Waals surface area contributed by atoms with Crippen molar-refractivity contribution in [2.75, 3.05) is 30.3 Å². The maximum atomic E-state index is 12.0. The highest BCUT2D eigenvalue weighted by Gasteiger charge is 2.34. The van der Waals surface area contributed by atoms with E-state index in [0.29, 0.717) is 31.1 Å². The van der Waals surface area contributed by atoms with Crippen LogP contribution in [0.15, 0.2) is 41.8 Å². The van der Waals surface area contributed by atoms with Crippen molar-refractivity contribution in [1.29, 1.82) is 0 Å². The van der Waals surface area contributed by atoms with Gasteiger partial charge in [-0.25, -0.2) is 4.98 Å². The van der Waals surface area contributed by atoms with Gasteiger partial charge in [-0.15, -0.1) is 11.3 Å². The van der Waals surface area contributed by atoms with E-state index in [1.807, 2.05) is 6.07 Å². The molecule has 10 heteroatoms. The van der Waals surface area contributed by atoms with Gasteiger partial charge in [-0.2, -0.15) is 0 Å². The van der Waals surface area contributed by atoms with Crippen molar-refractivity contribution in [3.05, 3.63) is 63.5 Å². The van der Waals surface area contributed by atoms with Crippen LogP contribution < -0.4 is 16.0 Å². The van der Waals surface area contributed by atoms with E-state index in [1.165, 1.54) is 0 Å². The number of carboxylic acids is 2. The van der Waals surface area contributed by atoms with Crippen molar-refractivity contribution >= 4 is 45.7 Å². The lowest BCUT2D eigenvalue weighted by molar-refractivity contribution is -0.149. The number of halogens is 1. The zero-order chi connectivity index (χ0) is 28.2. The van der Waals surface area contributed by atoms with Gasteiger partial charge in [0.25, 0.3) is 0 Å². The van der Waals surface area contributed by atoms with Gasteiger partial charge >= 0.3 is 11.9 Å². The fraction of sp³-hybridized carbons (Fsp3) is 0.414. The molecular weight excluding hydrogens is 536 g/mol. The van der Waals surface area contributed by atoms with Crippen LogP contribution in [-0.2, 0) is 22.6 Å². The third-order valence-corrected chi connectivity index (χ3v) is 7.92. The molecule has 2 atom stereocenters. The quantitative estimate of drug-likeness (QED) is 0.203. The third kappa shape index (κ3) is 7.50. The fourth-order valence-electron chi connectivity index (χ4n) is 4.79. The number of aliphatic carboxylic acids is 2. The maximum absolute atomic E-state index is 12.0. The van der Waals surface area contributed by atoms with Crippen LogP contribution in [0.4, 0.5) is 10.8 Å². The average molecular weight is 571 g/mol. The molecule has 0 spiro atoms. The molecule has 1 aromatic heterocycles. The zero-order valence-corrected chi connectivity index (χ0v) is 24.0. The lowest BCUT2D eigenvalue weighted by Gasteiger charge is -2.25. The van der Waals surface area contributed by atoms with Crippen LogP contribution in [0.2, 0.25) is 5.02 Å². The molecule has 4 rings (SSSR count). The summed E-state index contributed by atoms with van der Waals surface area (Å²) in [5.74, 6) is -3.75. The van der Waals surface area contributed by atoms with Gasteiger partial charge in [0.05, 0.1) is 28.7 Å². The molecule has 0 aliphatic carbocycles. The highest BCUT2D eigenvalue weighted by atomic mass is 35.5. The Kier molecular flexibility index (Phi) is 9.15. The summed E-state index contributed by atoms with van der Waals surface area (Å²) in [5.41, 5.74) is 5.73. The molecule has 8 nitrogen and oxygen atoms in total. The van der Waals surface area contributed by atoms with Crippen LogP contribution >= 0.6 is 22.9 Å². The number of anilines is 2. The number of aromatic nitrogens is 1.